The lowest BCUT2D eigenvalue weighted by molar-refractivity contribution is -0.134. The summed E-state index contributed by atoms with van der Waals surface area (Å²) in [5, 5.41) is 4.40. The van der Waals surface area contributed by atoms with Crippen LogP contribution in [0.15, 0.2) is 24.3 Å². The number of imide groups is 1. The van der Waals surface area contributed by atoms with E-state index in [4.69, 9.17) is 5.84 Å². The second kappa shape index (κ2) is 9.45. The monoisotopic (exact) mass is 413 g/mol. The zero-order valence-corrected chi connectivity index (χ0v) is 18.1. The molecule has 30 heavy (non-hydrogen) atoms. The van der Waals surface area contributed by atoms with Gasteiger partial charge in [0.15, 0.2) is 0 Å². The molecule has 7 heteroatoms. The van der Waals surface area contributed by atoms with E-state index in [0.717, 1.165) is 44.2 Å². The molecular formula is C23H35N5O2. The molecule has 7 nitrogen and oxygen atoms in total. The number of hydrogen-bond donors (Lipinski definition) is 2. The fourth-order valence-corrected chi connectivity index (χ4v) is 5.08. The SMILES string of the molecule is C[C@H]1CN(c2ccc(C3CCC(=O)NC3=O)cc2)CCN1CCC1CCN(N)CC1. The van der Waals surface area contributed by atoms with E-state index in [0.29, 0.717) is 18.9 Å². The van der Waals surface area contributed by atoms with Crippen molar-refractivity contribution >= 4 is 17.5 Å². The maximum atomic E-state index is 12.1. The van der Waals surface area contributed by atoms with Crippen molar-refractivity contribution in [2.24, 2.45) is 11.8 Å². The summed E-state index contributed by atoms with van der Waals surface area (Å²) in [6.45, 7) is 8.71. The van der Waals surface area contributed by atoms with E-state index in [1.54, 1.807) is 0 Å². The van der Waals surface area contributed by atoms with Crippen LogP contribution in [0.3, 0.4) is 0 Å². The van der Waals surface area contributed by atoms with Crippen LogP contribution in [0.2, 0.25) is 0 Å². The fourth-order valence-electron chi connectivity index (χ4n) is 5.08. The van der Waals surface area contributed by atoms with Crippen molar-refractivity contribution < 1.29 is 9.59 Å². The van der Waals surface area contributed by atoms with Gasteiger partial charge in [-0.3, -0.25) is 25.6 Å². The number of carbonyl (C=O) groups excluding carboxylic acids is 2. The van der Waals surface area contributed by atoms with E-state index in [2.05, 4.69) is 46.3 Å². The molecule has 2 atom stereocenters. The first-order valence-electron chi connectivity index (χ1n) is 11.4. The molecule has 0 aliphatic carbocycles. The van der Waals surface area contributed by atoms with Gasteiger partial charge in [0.05, 0.1) is 5.92 Å². The molecule has 0 radical (unpaired) electrons. The summed E-state index contributed by atoms with van der Waals surface area (Å²) in [5.74, 6) is 6.15. The first-order chi connectivity index (χ1) is 14.5. The summed E-state index contributed by atoms with van der Waals surface area (Å²) in [5.41, 5.74) is 2.21. The highest BCUT2D eigenvalue weighted by Gasteiger charge is 2.29. The Labute approximate surface area is 179 Å². The number of rotatable bonds is 5. The molecule has 3 fully saturated rings. The van der Waals surface area contributed by atoms with Crippen molar-refractivity contribution in [2.75, 3.05) is 44.2 Å². The van der Waals surface area contributed by atoms with Crippen molar-refractivity contribution in [3.05, 3.63) is 29.8 Å². The molecule has 3 saturated heterocycles. The van der Waals surface area contributed by atoms with Gasteiger partial charge in [0, 0.05) is 50.9 Å². The van der Waals surface area contributed by atoms with Gasteiger partial charge in [-0.1, -0.05) is 12.1 Å². The quantitative estimate of drug-likeness (QED) is 0.565. The van der Waals surface area contributed by atoms with Crippen LogP contribution in [-0.2, 0) is 9.59 Å². The van der Waals surface area contributed by atoms with E-state index in [1.165, 1.54) is 31.5 Å². The summed E-state index contributed by atoms with van der Waals surface area (Å²) >= 11 is 0. The molecule has 3 aliphatic heterocycles. The molecule has 3 aliphatic rings. The molecule has 3 heterocycles. The molecule has 0 aromatic heterocycles. The molecule has 0 saturated carbocycles. The van der Waals surface area contributed by atoms with Crippen molar-refractivity contribution in [1.82, 2.24) is 15.2 Å². The number of benzene rings is 1. The molecule has 0 bridgehead atoms. The van der Waals surface area contributed by atoms with Gasteiger partial charge in [-0.15, -0.1) is 0 Å². The second-order valence-corrected chi connectivity index (χ2v) is 9.19. The largest absolute Gasteiger partial charge is 0.369 e. The Bertz CT molecular complexity index is 744. The first kappa shape index (κ1) is 21.3. The number of piperidine rings is 2. The number of anilines is 1. The van der Waals surface area contributed by atoms with Crippen molar-refractivity contribution in [3.63, 3.8) is 0 Å². The molecule has 1 unspecified atom stereocenters. The molecule has 3 N–H and O–H groups in total. The number of hydrogen-bond acceptors (Lipinski definition) is 6. The minimum Gasteiger partial charge on any atom is -0.369 e. The fraction of sp³-hybridized carbons (Fsp3) is 0.652. The van der Waals surface area contributed by atoms with Crippen LogP contribution in [0.4, 0.5) is 5.69 Å². The van der Waals surface area contributed by atoms with Gasteiger partial charge in [-0.25, -0.2) is 5.01 Å². The maximum Gasteiger partial charge on any atom is 0.234 e. The number of nitrogens with one attached hydrogen (secondary N) is 1. The van der Waals surface area contributed by atoms with Gasteiger partial charge in [0.2, 0.25) is 11.8 Å². The topological polar surface area (TPSA) is 81.9 Å². The number of nitrogens with zero attached hydrogens (tertiary/aromatic N) is 3. The van der Waals surface area contributed by atoms with Gasteiger partial charge < -0.3 is 4.90 Å². The van der Waals surface area contributed by atoms with Crippen LogP contribution >= 0.6 is 0 Å². The lowest BCUT2D eigenvalue weighted by atomic mass is 9.90. The molecule has 1 aromatic rings. The van der Waals surface area contributed by atoms with E-state index in [-0.39, 0.29) is 17.7 Å². The Morgan fingerprint density at radius 2 is 1.77 bits per heavy atom. The second-order valence-electron chi connectivity index (χ2n) is 9.19. The number of piperazine rings is 1. The maximum absolute atomic E-state index is 12.1. The van der Waals surface area contributed by atoms with E-state index < -0.39 is 0 Å². The predicted molar refractivity (Wildman–Crippen MR) is 118 cm³/mol. The van der Waals surface area contributed by atoms with Gasteiger partial charge in [0.25, 0.3) is 0 Å². The van der Waals surface area contributed by atoms with Crippen LogP contribution in [0.1, 0.15) is 50.5 Å². The predicted octanol–water partition coefficient (Wildman–Crippen LogP) is 1.69. The molecule has 1 aromatic carbocycles. The van der Waals surface area contributed by atoms with Crippen LogP contribution in [0.25, 0.3) is 0 Å². The number of amides is 2. The Hall–Kier alpha value is -1.96. The van der Waals surface area contributed by atoms with Crippen LogP contribution < -0.4 is 16.1 Å². The molecule has 164 valence electrons. The van der Waals surface area contributed by atoms with Crippen LogP contribution in [0, 0.1) is 5.92 Å². The highest BCUT2D eigenvalue weighted by Crippen LogP contribution is 2.28. The normalized spacial score (nSPS) is 27.3. The summed E-state index contributed by atoms with van der Waals surface area (Å²) in [7, 11) is 0. The lowest BCUT2D eigenvalue weighted by Crippen LogP contribution is -2.52. The molecule has 2 amide bonds. The number of carbonyl (C=O) groups is 2. The Morgan fingerprint density at radius 3 is 2.43 bits per heavy atom. The van der Waals surface area contributed by atoms with Gasteiger partial charge in [-0.2, -0.15) is 0 Å². The lowest BCUT2D eigenvalue weighted by Gasteiger charge is -2.42. The van der Waals surface area contributed by atoms with E-state index in [1.807, 2.05) is 5.01 Å². The molecular weight excluding hydrogens is 378 g/mol. The van der Waals surface area contributed by atoms with Crippen LogP contribution in [-0.4, -0.2) is 67.0 Å². The minimum absolute atomic E-state index is 0.162. The third-order valence-electron chi connectivity index (χ3n) is 7.14. The highest BCUT2D eigenvalue weighted by atomic mass is 16.2. The standard InChI is InChI=1S/C23H35N5O2/c1-17-16-27(15-14-26(17)11-8-18-9-12-28(24)13-10-18)20-4-2-19(3-5-20)21-6-7-22(29)25-23(21)30/h2-5,17-18,21H,6-16,24H2,1H3,(H,25,29,30)/t17-,21?/m0/s1. The summed E-state index contributed by atoms with van der Waals surface area (Å²) in [6.07, 6.45) is 4.75. The summed E-state index contributed by atoms with van der Waals surface area (Å²) < 4.78 is 0. The van der Waals surface area contributed by atoms with Crippen molar-refractivity contribution in [2.45, 2.75) is 51.0 Å². The minimum atomic E-state index is -0.210. The summed E-state index contributed by atoms with van der Waals surface area (Å²) in [6, 6.07) is 8.89. The van der Waals surface area contributed by atoms with E-state index >= 15 is 0 Å². The summed E-state index contributed by atoms with van der Waals surface area (Å²) in [4.78, 5) is 28.5. The Morgan fingerprint density at radius 1 is 1.03 bits per heavy atom. The molecule has 0 spiro atoms. The number of hydrazine groups is 1. The van der Waals surface area contributed by atoms with Gasteiger partial charge in [-0.05, 0) is 62.8 Å². The van der Waals surface area contributed by atoms with Gasteiger partial charge in [0.1, 0.15) is 0 Å². The highest BCUT2D eigenvalue weighted by molar-refractivity contribution is 6.00. The third-order valence-corrected chi connectivity index (χ3v) is 7.14. The van der Waals surface area contributed by atoms with E-state index in [9.17, 15) is 9.59 Å². The number of nitrogens with two attached hydrogens (primary N) is 1. The van der Waals surface area contributed by atoms with Crippen molar-refractivity contribution in [1.29, 1.82) is 0 Å². The van der Waals surface area contributed by atoms with Crippen LogP contribution in [0.5, 0.6) is 0 Å². The first-order valence-corrected chi connectivity index (χ1v) is 11.4. The van der Waals surface area contributed by atoms with Crippen molar-refractivity contribution in [3.8, 4) is 0 Å². The molecule has 4 rings (SSSR count). The average Bonchev–Trinajstić information content (AvgIpc) is 2.74. The van der Waals surface area contributed by atoms with Gasteiger partial charge >= 0.3 is 0 Å². The smallest absolute Gasteiger partial charge is 0.234 e. The zero-order chi connectivity index (χ0) is 21.1. The zero-order valence-electron chi connectivity index (χ0n) is 18.1. The third kappa shape index (κ3) is 5.02. The average molecular weight is 414 g/mol. The Balaban J connectivity index is 1.28. The Kier molecular flexibility index (Phi) is 6.71.